The fourth-order valence-electron chi connectivity index (χ4n) is 5.77. The van der Waals surface area contributed by atoms with Gasteiger partial charge in [-0.15, -0.1) is 0 Å². The number of quaternary nitrogens is 1. The molecule has 0 aromatic heterocycles. The second-order valence-electron chi connectivity index (χ2n) is 13.0. The molecule has 0 aromatic carbocycles. The second-order valence-corrected chi connectivity index (χ2v) is 13.0. The Morgan fingerprint density at radius 2 is 0.923 bits per heavy atom. The zero-order chi connectivity index (χ0) is 29.0. The third-order valence-electron chi connectivity index (χ3n) is 8.44. The van der Waals surface area contributed by atoms with Gasteiger partial charge in [-0.3, -0.25) is 9.59 Å². The molecule has 1 atom stereocenters. The molecule has 1 N–H and O–H groups in total. The van der Waals surface area contributed by atoms with Crippen LogP contribution in [0.2, 0.25) is 0 Å². The Morgan fingerprint density at radius 1 is 0.564 bits per heavy atom. The van der Waals surface area contributed by atoms with E-state index in [0.717, 1.165) is 25.7 Å². The second kappa shape index (κ2) is 27.4. The van der Waals surface area contributed by atoms with Crippen LogP contribution in [0.15, 0.2) is 0 Å². The summed E-state index contributed by atoms with van der Waals surface area (Å²) >= 11 is 0. The average Bonchev–Trinajstić information content (AvgIpc) is 2.89. The summed E-state index contributed by atoms with van der Waals surface area (Å²) in [5.41, 5.74) is 0. The molecule has 0 radical (unpaired) electrons. The lowest BCUT2D eigenvalue weighted by atomic mass is 9.91. The van der Waals surface area contributed by atoms with Gasteiger partial charge < -0.3 is 9.59 Å². The van der Waals surface area contributed by atoms with Gasteiger partial charge in [-0.2, -0.15) is 0 Å². The van der Waals surface area contributed by atoms with Crippen molar-refractivity contribution in [2.45, 2.75) is 174 Å². The Balaban J connectivity index is 4.20. The summed E-state index contributed by atoms with van der Waals surface area (Å²) in [5, 5.41) is 9.45. The molecule has 0 rings (SSSR count). The molecule has 4 nitrogen and oxygen atoms in total. The van der Waals surface area contributed by atoms with Crippen molar-refractivity contribution in [1.82, 2.24) is 0 Å². The number of rotatable bonds is 31. The van der Waals surface area contributed by atoms with Crippen molar-refractivity contribution >= 4 is 11.6 Å². The summed E-state index contributed by atoms with van der Waals surface area (Å²) in [6.45, 7) is 5.91. The molecule has 1 unspecified atom stereocenters. The Morgan fingerprint density at radius 3 is 1.31 bits per heavy atom. The fraction of sp³-hybridized carbons (Fsp3) is 0.943. The number of aliphatic hydroxyl groups excluding tert-OH is 1. The summed E-state index contributed by atoms with van der Waals surface area (Å²) in [6, 6.07) is 0. The number of likely N-dealkylation sites (N-methyl/N-ethyl adjacent to an activating group) is 1. The summed E-state index contributed by atoms with van der Waals surface area (Å²) in [6.07, 6.45) is 29.8. The van der Waals surface area contributed by atoms with Gasteiger partial charge in [0, 0.05) is 19.3 Å². The van der Waals surface area contributed by atoms with Crippen molar-refractivity contribution in [3.63, 3.8) is 0 Å². The molecule has 0 spiro atoms. The first kappa shape index (κ1) is 38.3. The van der Waals surface area contributed by atoms with Gasteiger partial charge in [0.15, 0.2) is 0 Å². The summed E-state index contributed by atoms with van der Waals surface area (Å²) in [4.78, 5) is 26.0. The highest BCUT2D eigenvalue weighted by molar-refractivity contribution is 5.88. The number of nitrogens with zero attached hydrogens (tertiary/aromatic N) is 1. The lowest BCUT2D eigenvalue weighted by Crippen LogP contribution is -2.47. The first-order valence-corrected chi connectivity index (χ1v) is 17.3. The van der Waals surface area contributed by atoms with Crippen LogP contribution in [0.4, 0.5) is 0 Å². The van der Waals surface area contributed by atoms with E-state index < -0.39 is 0 Å². The maximum absolute atomic E-state index is 13.2. The van der Waals surface area contributed by atoms with E-state index in [2.05, 4.69) is 27.9 Å². The predicted octanol–water partition coefficient (Wildman–Crippen LogP) is 9.60. The van der Waals surface area contributed by atoms with Gasteiger partial charge >= 0.3 is 0 Å². The van der Waals surface area contributed by atoms with Crippen molar-refractivity contribution in [3.05, 3.63) is 0 Å². The lowest BCUT2D eigenvalue weighted by molar-refractivity contribution is -0.892. The van der Waals surface area contributed by atoms with Crippen LogP contribution in [-0.2, 0) is 9.59 Å². The van der Waals surface area contributed by atoms with Crippen molar-refractivity contribution in [2.75, 3.05) is 33.8 Å². The lowest BCUT2D eigenvalue weighted by Gasteiger charge is -2.32. The first-order valence-electron chi connectivity index (χ1n) is 17.3. The van der Waals surface area contributed by atoms with Crippen LogP contribution in [0.25, 0.3) is 0 Å². The minimum absolute atomic E-state index is 0.110. The standard InChI is InChI=1S/C35H70NO3/c1-5-7-9-11-13-15-17-19-21-23-25-27-34(38)31-33(32-36(3,4)29-30-37)35(39)28-26-24-22-20-18-16-14-12-10-8-6-2/h33,37H,5-32H2,1-4H3/q+1. The van der Waals surface area contributed by atoms with Crippen LogP contribution in [0.5, 0.6) is 0 Å². The smallest absolute Gasteiger partial charge is 0.142 e. The molecule has 0 saturated carbocycles. The summed E-state index contributed by atoms with van der Waals surface area (Å²) in [7, 11) is 4.13. The fourth-order valence-corrected chi connectivity index (χ4v) is 5.77. The highest BCUT2D eigenvalue weighted by Gasteiger charge is 2.29. The van der Waals surface area contributed by atoms with E-state index in [1.165, 1.54) is 116 Å². The Kier molecular flexibility index (Phi) is 26.9. The van der Waals surface area contributed by atoms with Gasteiger partial charge in [0.05, 0.1) is 33.2 Å². The molecule has 0 heterocycles. The number of hydrogen-bond donors (Lipinski definition) is 1. The SMILES string of the molecule is CCCCCCCCCCCCCC(=O)CC(C[N+](C)(C)CCO)C(=O)CCCCCCCCCCCCC. The highest BCUT2D eigenvalue weighted by atomic mass is 16.3. The molecule has 0 aliphatic heterocycles. The van der Waals surface area contributed by atoms with Crippen LogP contribution in [0.3, 0.4) is 0 Å². The molecule has 0 aliphatic carbocycles. The molecular weight excluding hydrogens is 482 g/mol. The normalized spacial score (nSPS) is 12.6. The molecule has 0 bridgehead atoms. The maximum atomic E-state index is 13.2. The molecular formula is C35H70NO3+. The number of carbonyl (C=O) groups is 2. The minimum atomic E-state index is -0.199. The van der Waals surface area contributed by atoms with Crippen LogP contribution < -0.4 is 0 Å². The van der Waals surface area contributed by atoms with Gasteiger partial charge in [0.2, 0.25) is 0 Å². The molecule has 0 amide bonds. The van der Waals surface area contributed by atoms with Gasteiger partial charge in [-0.25, -0.2) is 0 Å². The average molecular weight is 553 g/mol. The van der Waals surface area contributed by atoms with Crippen molar-refractivity contribution in [2.24, 2.45) is 5.92 Å². The van der Waals surface area contributed by atoms with E-state index in [4.69, 9.17) is 0 Å². The van der Waals surface area contributed by atoms with Crippen LogP contribution in [0.1, 0.15) is 174 Å². The summed E-state index contributed by atoms with van der Waals surface area (Å²) < 4.78 is 0.594. The first-order chi connectivity index (χ1) is 18.9. The van der Waals surface area contributed by atoms with Crippen LogP contribution in [-0.4, -0.2) is 54.9 Å². The van der Waals surface area contributed by atoms with Gasteiger partial charge in [-0.05, 0) is 12.8 Å². The Labute approximate surface area is 244 Å². The number of ketones is 2. The number of aliphatic hydroxyl groups is 1. The number of carbonyl (C=O) groups excluding carboxylic acids is 2. The van der Waals surface area contributed by atoms with Crippen LogP contribution in [0, 0.1) is 5.92 Å². The third-order valence-corrected chi connectivity index (χ3v) is 8.44. The van der Waals surface area contributed by atoms with Gasteiger partial charge in [0.25, 0.3) is 0 Å². The van der Waals surface area contributed by atoms with Gasteiger partial charge in [-0.1, -0.05) is 142 Å². The zero-order valence-corrected chi connectivity index (χ0v) is 27.1. The van der Waals surface area contributed by atoms with E-state index >= 15 is 0 Å². The van der Waals surface area contributed by atoms with Crippen molar-refractivity contribution in [3.8, 4) is 0 Å². The van der Waals surface area contributed by atoms with Crippen molar-refractivity contribution < 1.29 is 19.2 Å². The van der Waals surface area contributed by atoms with E-state index in [-0.39, 0.29) is 24.1 Å². The monoisotopic (exact) mass is 553 g/mol. The molecule has 0 saturated heterocycles. The Bertz CT molecular complexity index is 560. The molecule has 0 fully saturated rings. The van der Waals surface area contributed by atoms with Crippen molar-refractivity contribution in [1.29, 1.82) is 0 Å². The Hall–Kier alpha value is -0.740. The molecule has 4 heteroatoms. The number of unbranched alkanes of at least 4 members (excludes halogenated alkanes) is 20. The highest BCUT2D eigenvalue weighted by Crippen LogP contribution is 2.19. The number of Topliss-reactive ketones (excluding diaryl/α,β-unsaturated/α-hetero) is 2. The number of hydrogen-bond acceptors (Lipinski definition) is 3. The molecule has 0 aromatic rings. The van der Waals surface area contributed by atoms with Crippen LogP contribution >= 0.6 is 0 Å². The quantitative estimate of drug-likeness (QED) is 0.0688. The summed E-state index contributed by atoms with van der Waals surface area (Å²) in [5.74, 6) is 0.324. The van der Waals surface area contributed by atoms with Gasteiger partial charge in [0.1, 0.15) is 18.1 Å². The molecule has 232 valence electrons. The van der Waals surface area contributed by atoms with E-state index in [1.54, 1.807) is 0 Å². The third kappa shape index (κ3) is 25.9. The zero-order valence-electron chi connectivity index (χ0n) is 27.1. The predicted molar refractivity (Wildman–Crippen MR) is 169 cm³/mol. The molecule has 39 heavy (non-hydrogen) atoms. The van der Waals surface area contributed by atoms with E-state index in [0.29, 0.717) is 36.8 Å². The minimum Gasteiger partial charge on any atom is -0.391 e. The van der Waals surface area contributed by atoms with E-state index in [1.807, 2.05) is 0 Å². The molecule has 0 aliphatic rings. The maximum Gasteiger partial charge on any atom is 0.142 e. The van der Waals surface area contributed by atoms with E-state index in [9.17, 15) is 14.7 Å². The topological polar surface area (TPSA) is 54.4 Å². The largest absolute Gasteiger partial charge is 0.391 e.